The van der Waals surface area contributed by atoms with Gasteiger partial charge in [-0.2, -0.15) is 12.7 Å². The number of ether oxygens (including phenoxy) is 1. The van der Waals surface area contributed by atoms with Gasteiger partial charge in [-0.3, -0.25) is 0 Å². The van der Waals surface area contributed by atoms with Gasteiger partial charge < -0.3 is 14.7 Å². The van der Waals surface area contributed by atoms with Crippen LogP contribution in [0.2, 0.25) is 0 Å². The SMILES string of the molecule is COCCN(C[C@@H]1C[C@H]1C)c1cc(C(=O)O)cc(N(C)S(=O)(=O)N(C)C)n1. The van der Waals surface area contributed by atoms with Gasteiger partial charge in [-0.25, -0.2) is 14.1 Å². The summed E-state index contributed by atoms with van der Waals surface area (Å²) >= 11 is 0. The first-order valence-corrected chi connectivity index (χ1v) is 10.1. The van der Waals surface area contributed by atoms with Gasteiger partial charge in [-0.05, 0) is 30.4 Å². The highest BCUT2D eigenvalue weighted by molar-refractivity contribution is 7.90. The van der Waals surface area contributed by atoms with Gasteiger partial charge in [-0.15, -0.1) is 0 Å². The Hall–Kier alpha value is -1.91. The van der Waals surface area contributed by atoms with E-state index in [1.165, 1.54) is 33.3 Å². The Morgan fingerprint density at radius 1 is 1.30 bits per heavy atom. The minimum Gasteiger partial charge on any atom is -0.478 e. The standard InChI is InChI=1S/C17H28N4O5S/c1-12-8-14(12)11-21(6-7-26-5)16-10-13(17(22)23)9-15(18-16)20(4)27(24,25)19(2)3/h9-10,12,14H,6-8,11H2,1-5H3,(H,22,23)/t12-,14+/m1/s1. The van der Waals surface area contributed by atoms with Gasteiger partial charge in [0.05, 0.1) is 12.2 Å². The van der Waals surface area contributed by atoms with E-state index in [0.717, 1.165) is 21.6 Å². The predicted molar refractivity (Wildman–Crippen MR) is 104 cm³/mol. The average Bonchev–Trinajstić information content (AvgIpc) is 3.31. The van der Waals surface area contributed by atoms with E-state index in [2.05, 4.69) is 11.9 Å². The zero-order chi connectivity index (χ0) is 20.4. The van der Waals surface area contributed by atoms with E-state index < -0.39 is 16.2 Å². The quantitative estimate of drug-likeness (QED) is 0.628. The fraction of sp³-hybridized carbons (Fsp3) is 0.647. The largest absolute Gasteiger partial charge is 0.478 e. The molecule has 2 atom stereocenters. The Kier molecular flexibility index (Phi) is 6.66. The molecule has 0 radical (unpaired) electrons. The molecule has 0 spiro atoms. The van der Waals surface area contributed by atoms with Crippen LogP contribution in [0.3, 0.4) is 0 Å². The summed E-state index contributed by atoms with van der Waals surface area (Å²) in [5.74, 6) is 0.492. The van der Waals surface area contributed by atoms with E-state index in [-0.39, 0.29) is 11.4 Å². The molecular weight excluding hydrogens is 372 g/mol. The smallest absolute Gasteiger partial charge is 0.335 e. The van der Waals surface area contributed by atoms with Crippen molar-refractivity contribution in [3.63, 3.8) is 0 Å². The highest BCUT2D eigenvalue weighted by Gasteiger charge is 2.34. The number of carboxylic acids is 1. The number of nitrogens with zero attached hydrogens (tertiary/aromatic N) is 4. The van der Waals surface area contributed by atoms with Crippen molar-refractivity contribution in [3.8, 4) is 0 Å². The minimum atomic E-state index is -3.78. The second-order valence-corrected chi connectivity index (χ2v) is 9.22. The summed E-state index contributed by atoms with van der Waals surface area (Å²) in [5, 5.41) is 9.47. The maximum absolute atomic E-state index is 12.4. The Morgan fingerprint density at radius 2 is 1.89 bits per heavy atom. The van der Waals surface area contributed by atoms with Crippen LogP contribution in [0.4, 0.5) is 11.6 Å². The van der Waals surface area contributed by atoms with Crippen LogP contribution in [-0.2, 0) is 14.9 Å². The van der Waals surface area contributed by atoms with E-state index >= 15 is 0 Å². The molecule has 1 N–H and O–H groups in total. The van der Waals surface area contributed by atoms with Crippen LogP contribution >= 0.6 is 0 Å². The molecule has 1 heterocycles. The molecule has 27 heavy (non-hydrogen) atoms. The molecule has 1 aliphatic rings. The van der Waals surface area contributed by atoms with Crippen LogP contribution in [0.1, 0.15) is 23.7 Å². The number of anilines is 2. The van der Waals surface area contributed by atoms with Crippen molar-refractivity contribution >= 4 is 27.8 Å². The molecule has 0 saturated heterocycles. The second kappa shape index (κ2) is 8.41. The fourth-order valence-corrected chi connectivity index (χ4v) is 3.57. The minimum absolute atomic E-state index is 0.0120. The van der Waals surface area contributed by atoms with Gasteiger partial charge in [-0.1, -0.05) is 6.92 Å². The summed E-state index contributed by atoms with van der Waals surface area (Å²) in [6.45, 7) is 3.90. The summed E-state index contributed by atoms with van der Waals surface area (Å²) in [6.07, 6.45) is 1.11. The summed E-state index contributed by atoms with van der Waals surface area (Å²) in [5.41, 5.74) is -0.0120. The molecule has 9 nitrogen and oxygen atoms in total. The number of hydrogen-bond acceptors (Lipinski definition) is 6. The Labute approximate surface area is 160 Å². The van der Waals surface area contributed by atoms with E-state index in [4.69, 9.17) is 4.74 Å². The first-order valence-electron chi connectivity index (χ1n) is 8.73. The number of rotatable bonds is 10. The maximum atomic E-state index is 12.4. The lowest BCUT2D eigenvalue weighted by atomic mass is 10.2. The van der Waals surface area contributed by atoms with Crippen molar-refractivity contribution in [2.24, 2.45) is 11.8 Å². The molecule has 1 aromatic rings. The van der Waals surface area contributed by atoms with Gasteiger partial charge in [0.1, 0.15) is 11.6 Å². The number of pyridine rings is 1. The van der Waals surface area contributed by atoms with E-state index in [1.807, 2.05) is 4.90 Å². The summed E-state index contributed by atoms with van der Waals surface area (Å²) in [7, 11) is 1.99. The van der Waals surface area contributed by atoms with Crippen LogP contribution in [0.25, 0.3) is 0 Å². The van der Waals surface area contributed by atoms with Crippen molar-refractivity contribution in [1.29, 1.82) is 0 Å². The Balaban J connectivity index is 2.44. The Morgan fingerprint density at radius 3 is 2.37 bits per heavy atom. The lowest BCUT2D eigenvalue weighted by Crippen LogP contribution is -2.38. The van der Waals surface area contributed by atoms with Gasteiger partial charge in [0.25, 0.3) is 0 Å². The van der Waals surface area contributed by atoms with E-state index in [0.29, 0.717) is 30.8 Å². The molecule has 0 unspecified atom stereocenters. The molecule has 2 rings (SSSR count). The first-order chi connectivity index (χ1) is 12.6. The van der Waals surface area contributed by atoms with Gasteiger partial charge >= 0.3 is 16.2 Å². The molecule has 0 aliphatic heterocycles. The molecule has 1 fully saturated rings. The molecule has 1 saturated carbocycles. The van der Waals surface area contributed by atoms with Crippen molar-refractivity contribution in [1.82, 2.24) is 9.29 Å². The molecule has 1 aromatic heterocycles. The van der Waals surface area contributed by atoms with Gasteiger partial charge in [0, 0.05) is 41.3 Å². The Bertz CT molecular complexity index is 784. The molecule has 0 aromatic carbocycles. The van der Waals surface area contributed by atoms with Crippen molar-refractivity contribution in [2.75, 3.05) is 57.2 Å². The van der Waals surface area contributed by atoms with Crippen molar-refractivity contribution in [2.45, 2.75) is 13.3 Å². The second-order valence-electron chi connectivity index (χ2n) is 7.05. The number of hydrogen-bond donors (Lipinski definition) is 1. The maximum Gasteiger partial charge on any atom is 0.335 e. The van der Waals surface area contributed by atoms with Gasteiger partial charge in [0.15, 0.2) is 0 Å². The van der Waals surface area contributed by atoms with Gasteiger partial charge in [0.2, 0.25) is 0 Å². The van der Waals surface area contributed by atoms with Crippen LogP contribution in [-0.4, -0.2) is 76.7 Å². The molecule has 152 valence electrons. The molecule has 10 heteroatoms. The first kappa shape index (κ1) is 21.4. The number of carbonyl (C=O) groups is 1. The monoisotopic (exact) mass is 400 g/mol. The third-order valence-electron chi connectivity index (χ3n) is 4.80. The van der Waals surface area contributed by atoms with E-state index in [9.17, 15) is 18.3 Å². The van der Waals surface area contributed by atoms with Crippen LogP contribution < -0.4 is 9.21 Å². The van der Waals surface area contributed by atoms with Crippen LogP contribution in [0, 0.1) is 11.8 Å². The topological polar surface area (TPSA) is 103 Å². The fourth-order valence-electron chi connectivity index (χ4n) is 2.75. The third kappa shape index (κ3) is 5.08. The molecule has 0 amide bonds. The lowest BCUT2D eigenvalue weighted by molar-refractivity contribution is 0.0696. The lowest BCUT2D eigenvalue weighted by Gasteiger charge is -2.27. The van der Waals surface area contributed by atoms with Crippen LogP contribution in [0.5, 0.6) is 0 Å². The third-order valence-corrected chi connectivity index (χ3v) is 6.60. The molecular formula is C17H28N4O5S. The molecule has 0 bridgehead atoms. The number of methoxy groups -OCH3 is 1. The summed E-state index contributed by atoms with van der Waals surface area (Å²) in [6, 6.07) is 2.74. The average molecular weight is 401 g/mol. The zero-order valence-corrected chi connectivity index (χ0v) is 17.2. The summed E-state index contributed by atoms with van der Waals surface area (Å²) in [4.78, 5) is 18.0. The predicted octanol–water partition coefficient (Wildman–Crippen LogP) is 1.13. The highest BCUT2D eigenvalue weighted by Crippen LogP contribution is 2.39. The van der Waals surface area contributed by atoms with Crippen LogP contribution in [0.15, 0.2) is 12.1 Å². The molecule has 1 aliphatic carbocycles. The normalized spacial score (nSPS) is 19.2. The zero-order valence-electron chi connectivity index (χ0n) is 16.4. The number of aromatic carboxylic acids is 1. The van der Waals surface area contributed by atoms with Crippen molar-refractivity contribution < 1.29 is 23.1 Å². The number of aromatic nitrogens is 1. The summed E-state index contributed by atoms with van der Waals surface area (Å²) < 4.78 is 32.1. The van der Waals surface area contributed by atoms with Crippen molar-refractivity contribution in [3.05, 3.63) is 17.7 Å². The number of carboxylic acid groups (broad SMARTS) is 1. The van der Waals surface area contributed by atoms with E-state index in [1.54, 1.807) is 7.11 Å². The highest BCUT2D eigenvalue weighted by atomic mass is 32.2.